The smallest absolute Gasteiger partial charge is 0.387 e. The molecule has 0 radical (unpaired) electrons. The Hall–Kier alpha value is -1.45. The minimum Gasteiger partial charge on any atom is -0.480 e. The van der Waals surface area contributed by atoms with Gasteiger partial charge in [-0.1, -0.05) is 11.6 Å². The summed E-state index contributed by atoms with van der Waals surface area (Å²) in [5, 5.41) is 8.81. The summed E-state index contributed by atoms with van der Waals surface area (Å²) in [6.45, 7) is -1.14. The molecule has 1 aromatic carbocycles. The number of sulfonamides is 1. The molecule has 0 atom stereocenters. The predicted molar refractivity (Wildman–Crippen MR) is 74.7 cm³/mol. The Bertz CT molecular complexity index is 651. The lowest BCUT2D eigenvalue weighted by Crippen LogP contribution is -2.40. The molecule has 1 aromatic rings. The molecule has 0 bridgehead atoms. The van der Waals surface area contributed by atoms with E-state index in [1.54, 1.807) is 0 Å². The van der Waals surface area contributed by atoms with Gasteiger partial charge in [-0.15, -0.1) is 0 Å². The molecule has 22 heavy (non-hydrogen) atoms. The van der Waals surface area contributed by atoms with Crippen molar-refractivity contribution in [1.82, 2.24) is 4.31 Å². The van der Waals surface area contributed by atoms with Crippen LogP contribution < -0.4 is 4.74 Å². The molecule has 0 saturated heterocycles. The largest absolute Gasteiger partial charge is 0.480 e. The highest BCUT2D eigenvalue weighted by Gasteiger charge is 2.32. The van der Waals surface area contributed by atoms with Crippen molar-refractivity contribution in [2.24, 2.45) is 0 Å². The van der Waals surface area contributed by atoms with E-state index in [9.17, 15) is 22.0 Å². The van der Waals surface area contributed by atoms with Crippen LogP contribution in [0.1, 0.15) is 13.8 Å². The number of hydrogen-bond acceptors (Lipinski definition) is 4. The number of alkyl halides is 2. The zero-order valence-corrected chi connectivity index (χ0v) is 13.2. The fourth-order valence-electron chi connectivity index (χ4n) is 1.68. The number of rotatable bonds is 7. The maximum Gasteiger partial charge on any atom is 0.387 e. The van der Waals surface area contributed by atoms with E-state index in [0.717, 1.165) is 12.1 Å². The number of carboxylic acids is 1. The predicted octanol–water partition coefficient (Wildman–Crippen LogP) is 2.43. The minimum atomic E-state index is -4.38. The second-order valence-corrected chi connectivity index (χ2v) is 6.80. The molecule has 0 amide bonds. The average Bonchev–Trinajstić information content (AvgIpc) is 2.36. The summed E-state index contributed by atoms with van der Waals surface area (Å²) in [4.78, 5) is 10.2. The molecule has 1 rings (SSSR count). The molecule has 0 spiro atoms. The lowest BCUT2D eigenvalue weighted by molar-refractivity contribution is -0.137. The molecular weight excluding hydrogens is 344 g/mol. The van der Waals surface area contributed by atoms with Crippen LogP contribution in [-0.2, 0) is 14.8 Å². The fraction of sp³-hybridized carbons (Fsp3) is 0.417. The van der Waals surface area contributed by atoms with Gasteiger partial charge in [-0.3, -0.25) is 4.79 Å². The van der Waals surface area contributed by atoms with Gasteiger partial charge in [-0.05, 0) is 32.0 Å². The highest BCUT2D eigenvalue weighted by Crippen LogP contribution is 2.31. The second-order valence-electron chi connectivity index (χ2n) is 4.51. The minimum absolute atomic E-state index is 0.0146. The zero-order valence-electron chi connectivity index (χ0n) is 11.7. The number of carbonyl (C=O) groups is 1. The molecule has 0 heterocycles. The van der Waals surface area contributed by atoms with E-state index in [2.05, 4.69) is 4.74 Å². The van der Waals surface area contributed by atoms with Crippen molar-refractivity contribution in [3.63, 3.8) is 0 Å². The van der Waals surface area contributed by atoms with Crippen LogP contribution >= 0.6 is 11.6 Å². The number of hydrogen-bond donors (Lipinski definition) is 1. The summed E-state index contributed by atoms with van der Waals surface area (Å²) in [7, 11) is -4.38. The number of ether oxygens (including phenoxy) is 1. The maximum atomic E-state index is 12.5. The first-order valence-corrected chi connectivity index (χ1v) is 7.85. The highest BCUT2D eigenvalue weighted by molar-refractivity contribution is 7.89. The number of halogens is 3. The SMILES string of the molecule is CC(C)N(CC(=O)O)S(=O)(=O)c1cc(Cl)ccc1OC(F)F. The molecule has 1 N–H and O–H groups in total. The van der Waals surface area contributed by atoms with Crippen molar-refractivity contribution < 1.29 is 31.8 Å². The highest BCUT2D eigenvalue weighted by atomic mass is 35.5. The molecule has 0 fully saturated rings. The summed E-state index contributed by atoms with van der Waals surface area (Å²) in [6, 6.07) is 2.40. The zero-order chi connectivity index (χ0) is 17.1. The van der Waals surface area contributed by atoms with Gasteiger partial charge in [0.25, 0.3) is 0 Å². The van der Waals surface area contributed by atoms with Crippen LogP contribution in [0, 0.1) is 0 Å². The lowest BCUT2D eigenvalue weighted by Gasteiger charge is -2.25. The summed E-state index contributed by atoms with van der Waals surface area (Å²) >= 11 is 5.71. The number of nitrogens with zero attached hydrogens (tertiary/aromatic N) is 1. The van der Waals surface area contributed by atoms with E-state index < -0.39 is 45.8 Å². The third kappa shape index (κ3) is 4.52. The number of aliphatic carboxylic acids is 1. The van der Waals surface area contributed by atoms with Gasteiger partial charge in [0.05, 0.1) is 0 Å². The van der Waals surface area contributed by atoms with E-state index in [0.29, 0.717) is 4.31 Å². The Labute approximate surface area is 131 Å². The van der Waals surface area contributed by atoms with Crippen LogP contribution in [0.5, 0.6) is 5.75 Å². The molecule has 10 heteroatoms. The van der Waals surface area contributed by atoms with Crippen molar-refractivity contribution in [2.45, 2.75) is 31.4 Å². The van der Waals surface area contributed by atoms with Crippen LogP contribution in [0.2, 0.25) is 5.02 Å². The van der Waals surface area contributed by atoms with E-state index >= 15 is 0 Å². The molecule has 0 aromatic heterocycles. The van der Waals surface area contributed by atoms with Crippen molar-refractivity contribution in [2.75, 3.05) is 6.54 Å². The van der Waals surface area contributed by atoms with Crippen molar-refractivity contribution in [3.8, 4) is 5.75 Å². The van der Waals surface area contributed by atoms with Crippen molar-refractivity contribution in [3.05, 3.63) is 23.2 Å². The molecular formula is C12H14ClF2NO5S. The van der Waals surface area contributed by atoms with Crippen molar-refractivity contribution >= 4 is 27.6 Å². The Balaban J connectivity index is 3.42. The Morgan fingerprint density at radius 1 is 1.41 bits per heavy atom. The summed E-state index contributed by atoms with van der Waals surface area (Å²) in [5.41, 5.74) is 0. The number of carboxylic acid groups (broad SMARTS) is 1. The normalized spacial score (nSPS) is 12.2. The van der Waals surface area contributed by atoms with Crippen LogP contribution in [0.15, 0.2) is 23.1 Å². The Morgan fingerprint density at radius 2 is 2.00 bits per heavy atom. The first kappa shape index (κ1) is 18.6. The first-order chi connectivity index (χ1) is 10.1. The van der Waals surface area contributed by atoms with Gasteiger partial charge in [0.1, 0.15) is 17.2 Å². The van der Waals surface area contributed by atoms with Gasteiger partial charge in [-0.25, -0.2) is 8.42 Å². The van der Waals surface area contributed by atoms with Gasteiger partial charge in [0.2, 0.25) is 10.0 Å². The van der Waals surface area contributed by atoms with Crippen LogP contribution in [0.3, 0.4) is 0 Å². The van der Waals surface area contributed by atoms with Gasteiger partial charge in [0, 0.05) is 11.1 Å². The van der Waals surface area contributed by atoms with E-state index in [-0.39, 0.29) is 5.02 Å². The Kier molecular flexibility index (Phi) is 6.09. The molecule has 124 valence electrons. The number of benzene rings is 1. The molecule has 0 aliphatic rings. The molecule has 0 aliphatic heterocycles. The average molecular weight is 358 g/mol. The van der Waals surface area contributed by atoms with Gasteiger partial charge < -0.3 is 9.84 Å². The monoisotopic (exact) mass is 357 g/mol. The molecule has 6 nitrogen and oxygen atoms in total. The van der Waals surface area contributed by atoms with Gasteiger partial charge >= 0.3 is 12.6 Å². The topological polar surface area (TPSA) is 83.9 Å². The maximum absolute atomic E-state index is 12.5. The third-order valence-corrected chi connectivity index (χ3v) is 4.85. The van der Waals surface area contributed by atoms with E-state index in [4.69, 9.17) is 16.7 Å². The molecule has 0 aliphatic carbocycles. The summed E-state index contributed by atoms with van der Waals surface area (Å²) in [6.07, 6.45) is 0. The van der Waals surface area contributed by atoms with Crippen LogP contribution in [-0.4, -0.2) is 43.0 Å². The Morgan fingerprint density at radius 3 is 2.45 bits per heavy atom. The fourth-order valence-corrected chi connectivity index (χ4v) is 3.65. The first-order valence-electron chi connectivity index (χ1n) is 6.03. The third-order valence-electron chi connectivity index (χ3n) is 2.58. The van der Waals surface area contributed by atoms with Crippen molar-refractivity contribution in [1.29, 1.82) is 0 Å². The standard InChI is InChI=1S/C12H14ClF2NO5S/c1-7(2)16(6-11(17)18)22(19,20)10-5-8(13)3-4-9(10)21-12(14)15/h3-5,7,12H,6H2,1-2H3,(H,17,18). The molecule has 0 unspecified atom stereocenters. The quantitative estimate of drug-likeness (QED) is 0.810. The second kappa shape index (κ2) is 7.21. The van der Waals surface area contributed by atoms with E-state index in [1.165, 1.54) is 19.9 Å². The molecule has 0 saturated carbocycles. The summed E-state index contributed by atoms with van der Waals surface area (Å²) < 4.78 is 54.7. The van der Waals surface area contributed by atoms with Gasteiger partial charge in [-0.2, -0.15) is 13.1 Å². The lowest BCUT2D eigenvalue weighted by atomic mass is 10.3. The van der Waals surface area contributed by atoms with Gasteiger partial charge in [0.15, 0.2) is 0 Å². The van der Waals surface area contributed by atoms with Crippen LogP contribution in [0.4, 0.5) is 8.78 Å². The summed E-state index contributed by atoms with van der Waals surface area (Å²) in [5.74, 6) is -1.98. The van der Waals surface area contributed by atoms with E-state index in [1.807, 2.05) is 0 Å². The van der Waals surface area contributed by atoms with Crippen LogP contribution in [0.25, 0.3) is 0 Å².